The zero-order valence-electron chi connectivity index (χ0n) is 11.0. The second-order valence-corrected chi connectivity index (χ2v) is 4.61. The first kappa shape index (κ1) is 13.1. The average molecular weight is 221 g/mol. The molecule has 3 nitrogen and oxygen atoms in total. The van der Waals surface area contributed by atoms with E-state index in [1.54, 1.807) is 6.33 Å². The van der Waals surface area contributed by atoms with Crippen molar-refractivity contribution in [2.24, 2.45) is 0 Å². The largest absolute Gasteiger partial charge is 0.316 e. The number of aromatic nitrogens is 2. The third-order valence-electron chi connectivity index (χ3n) is 3.18. The molecule has 1 N–H and O–H groups in total. The molecule has 0 aliphatic rings. The smallest absolute Gasteiger partial charge is 0.115 e. The lowest BCUT2D eigenvalue weighted by Gasteiger charge is -2.22. The van der Waals surface area contributed by atoms with Crippen LogP contribution in [0, 0.1) is 0 Å². The van der Waals surface area contributed by atoms with Crippen LogP contribution in [0.5, 0.6) is 0 Å². The number of hydrogen-bond donors (Lipinski definition) is 1. The monoisotopic (exact) mass is 221 g/mol. The van der Waals surface area contributed by atoms with E-state index in [1.807, 2.05) is 7.05 Å². The van der Waals surface area contributed by atoms with Crippen LogP contribution in [-0.2, 0) is 0 Å². The normalized spacial score (nSPS) is 15.1. The van der Waals surface area contributed by atoms with Gasteiger partial charge in [-0.3, -0.25) is 0 Å². The molecule has 0 saturated heterocycles. The molecular formula is C13H23N3. The maximum atomic E-state index is 4.39. The van der Waals surface area contributed by atoms with Crippen LogP contribution >= 0.6 is 0 Å². The quantitative estimate of drug-likeness (QED) is 0.830. The fourth-order valence-corrected chi connectivity index (χ4v) is 1.97. The van der Waals surface area contributed by atoms with Crippen LogP contribution < -0.4 is 5.32 Å². The Morgan fingerprint density at radius 2 is 1.81 bits per heavy atom. The van der Waals surface area contributed by atoms with Gasteiger partial charge in [-0.2, -0.15) is 0 Å². The van der Waals surface area contributed by atoms with Gasteiger partial charge in [0.15, 0.2) is 0 Å². The van der Waals surface area contributed by atoms with Gasteiger partial charge in [-0.05, 0) is 25.5 Å². The zero-order valence-corrected chi connectivity index (χ0v) is 11.0. The first-order valence-electron chi connectivity index (χ1n) is 6.09. The lowest BCUT2D eigenvalue weighted by molar-refractivity contribution is 0.464. The molecule has 1 aromatic rings. The van der Waals surface area contributed by atoms with Crippen molar-refractivity contribution >= 4 is 0 Å². The summed E-state index contributed by atoms with van der Waals surface area (Å²) in [6.45, 7) is 8.73. The summed E-state index contributed by atoms with van der Waals surface area (Å²) in [4.78, 5) is 8.69. The highest BCUT2D eigenvalue weighted by Gasteiger charge is 2.17. The maximum absolute atomic E-state index is 4.39. The number of likely N-dealkylation sites (N-methyl/N-ethyl adjacent to an activating group) is 1. The molecule has 0 fully saturated rings. The molecule has 3 heteroatoms. The Bertz CT molecular complexity index is 319. The van der Waals surface area contributed by atoms with E-state index in [1.165, 1.54) is 0 Å². The Labute approximate surface area is 98.7 Å². The Balaban J connectivity index is 2.90. The van der Waals surface area contributed by atoms with Crippen LogP contribution in [0.3, 0.4) is 0 Å². The third-order valence-corrected chi connectivity index (χ3v) is 3.18. The predicted octanol–water partition coefficient (Wildman–Crippen LogP) is 2.70. The molecule has 1 rings (SSSR count). The van der Waals surface area contributed by atoms with Gasteiger partial charge in [0.1, 0.15) is 6.33 Å². The summed E-state index contributed by atoms with van der Waals surface area (Å²) < 4.78 is 0. The SMILES string of the molecule is CCC(NC)C(C)c1cc(C(C)C)ncn1. The minimum absolute atomic E-state index is 0.426. The summed E-state index contributed by atoms with van der Waals surface area (Å²) in [6.07, 6.45) is 2.79. The van der Waals surface area contributed by atoms with Gasteiger partial charge in [-0.1, -0.05) is 27.7 Å². The molecule has 0 spiro atoms. The van der Waals surface area contributed by atoms with Crippen molar-refractivity contribution < 1.29 is 0 Å². The van der Waals surface area contributed by atoms with Gasteiger partial charge in [0, 0.05) is 23.3 Å². The summed E-state index contributed by atoms with van der Waals surface area (Å²) in [5.74, 6) is 0.888. The molecule has 0 radical (unpaired) electrons. The summed E-state index contributed by atoms with van der Waals surface area (Å²) in [5.41, 5.74) is 2.27. The molecule has 1 aromatic heterocycles. The molecule has 0 aliphatic carbocycles. The van der Waals surface area contributed by atoms with Crippen molar-refractivity contribution in [1.82, 2.24) is 15.3 Å². The van der Waals surface area contributed by atoms with Crippen LogP contribution in [0.15, 0.2) is 12.4 Å². The van der Waals surface area contributed by atoms with Crippen molar-refractivity contribution in [3.63, 3.8) is 0 Å². The highest BCUT2D eigenvalue weighted by atomic mass is 14.9. The summed E-state index contributed by atoms with van der Waals surface area (Å²) >= 11 is 0. The van der Waals surface area contributed by atoms with Crippen LogP contribution in [0.4, 0.5) is 0 Å². The number of nitrogens with one attached hydrogen (secondary N) is 1. The van der Waals surface area contributed by atoms with Crippen molar-refractivity contribution in [2.45, 2.75) is 52.0 Å². The Hall–Kier alpha value is -0.960. The Kier molecular flexibility index (Phi) is 4.87. The lowest BCUT2D eigenvalue weighted by atomic mass is 9.94. The van der Waals surface area contributed by atoms with Crippen molar-refractivity contribution in [2.75, 3.05) is 7.05 Å². The molecule has 0 aliphatic heterocycles. The lowest BCUT2D eigenvalue weighted by Crippen LogP contribution is -2.30. The topological polar surface area (TPSA) is 37.8 Å². The van der Waals surface area contributed by atoms with E-state index in [0.29, 0.717) is 17.9 Å². The van der Waals surface area contributed by atoms with Crippen LogP contribution in [0.1, 0.15) is 57.3 Å². The first-order valence-corrected chi connectivity index (χ1v) is 6.09. The molecular weight excluding hydrogens is 198 g/mol. The summed E-state index contributed by atoms with van der Waals surface area (Å²) in [6, 6.07) is 2.62. The van der Waals surface area contributed by atoms with Gasteiger partial charge in [0.05, 0.1) is 0 Å². The predicted molar refractivity (Wildman–Crippen MR) is 67.7 cm³/mol. The van der Waals surface area contributed by atoms with Gasteiger partial charge in [0.2, 0.25) is 0 Å². The van der Waals surface area contributed by atoms with Crippen LogP contribution in [0.25, 0.3) is 0 Å². The summed E-state index contributed by atoms with van der Waals surface area (Å²) in [7, 11) is 2.01. The van der Waals surface area contributed by atoms with Crippen molar-refractivity contribution in [3.8, 4) is 0 Å². The average Bonchev–Trinajstić information content (AvgIpc) is 2.30. The first-order chi connectivity index (χ1) is 7.60. The van der Waals surface area contributed by atoms with E-state index >= 15 is 0 Å². The van der Waals surface area contributed by atoms with E-state index in [4.69, 9.17) is 0 Å². The fourth-order valence-electron chi connectivity index (χ4n) is 1.97. The molecule has 0 saturated carbocycles. The highest BCUT2D eigenvalue weighted by molar-refractivity contribution is 5.16. The minimum Gasteiger partial charge on any atom is -0.316 e. The van der Waals surface area contributed by atoms with Crippen molar-refractivity contribution in [1.29, 1.82) is 0 Å². The molecule has 2 unspecified atom stereocenters. The third kappa shape index (κ3) is 3.01. The zero-order chi connectivity index (χ0) is 12.1. The van der Waals surface area contributed by atoms with Crippen LogP contribution in [-0.4, -0.2) is 23.1 Å². The Morgan fingerprint density at radius 3 is 2.31 bits per heavy atom. The number of nitrogens with zero attached hydrogens (tertiary/aromatic N) is 2. The van der Waals surface area contributed by atoms with Gasteiger partial charge in [-0.15, -0.1) is 0 Å². The fraction of sp³-hybridized carbons (Fsp3) is 0.692. The molecule has 2 atom stereocenters. The second kappa shape index (κ2) is 5.94. The highest BCUT2D eigenvalue weighted by Crippen LogP contribution is 2.21. The molecule has 0 amide bonds. The van der Waals surface area contributed by atoms with E-state index in [9.17, 15) is 0 Å². The van der Waals surface area contributed by atoms with Gasteiger partial charge in [0.25, 0.3) is 0 Å². The van der Waals surface area contributed by atoms with E-state index in [2.05, 4.69) is 49.0 Å². The second-order valence-electron chi connectivity index (χ2n) is 4.61. The maximum Gasteiger partial charge on any atom is 0.115 e. The van der Waals surface area contributed by atoms with Crippen molar-refractivity contribution in [3.05, 3.63) is 23.8 Å². The molecule has 1 heterocycles. The van der Waals surface area contributed by atoms with E-state index < -0.39 is 0 Å². The van der Waals surface area contributed by atoms with Gasteiger partial charge < -0.3 is 5.32 Å². The standard InChI is InChI=1S/C13H23N3/c1-6-11(14-5)10(4)13-7-12(9(2)3)15-8-16-13/h7-11,14H,6H2,1-5H3. The summed E-state index contributed by atoms with van der Waals surface area (Å²) in [5, 5.41) is 3.34. The van der Waals surface area contributed by atoms with Gasteiger partial charge >= 0.3 is 0 Å². The molecule has 16 heavy (non-hydrogen) atoms. The minimum atomic E-state index is 0.426. The van der Waals surface area contributed by atoms with Gasteiger partial charge in [-0.25, -0.2) is 9.97 Å². The molecule has 90 valence electrons. The number of hydrogen-bond acceptors (Lipinski definition) is 3. The molecule has 0 aromatic carbocycles. The van der Waals surface area contributed by atoms with E-state index in [-0.39, 0.29) is 0 Å². The number of rotatable bonds is 5. The molecule has 0 bridgehead atoms. The van der Waals surface area contributed by atoms with Crippen LogP contribution in [0.2, 0.25) is 0 Å². The van der Waals surface area contributed by atoms with E-state index in [0.717, 1.165) is 17.8 Å². The Morgan fingerprint density at radius 1 is 1.19 bits per heavy atom.